The number of hydrogen-bond donors (Lipinski definition) is 2. The molecule has 0 aromatic carbocycles. The first kappa shape index (κ1) is 15.4. The molecule has 7 heteroatoms. The summed E-state index contributed by atoms with van der Waals surface area (Å²) in [6.45, 7) is 2.63. The van der Waals surface area contributed by atoms with Crippen molar-refractivity contribution >= 4 is 33.5 Å². The van der Waals surface area contributed by atoms with Crippen LogP contribution in [0.1, 0.15) is 23.7 Å². The van der Waals surface area contributed by atoms with Crippen LogP contribution in [0, 0.1) is 5.82 Å². The van der Waals surface area contributed by atoms with E-state index in [1.54, 1.807) is 18.3 Å². The second kappa shape index (κ2) is 7.12. The number of hydrogen-bond acceptors (Lipinski definition) is 4. The molecule has 0 radical (unpaired) electrons. The fraction of sp³-hybridized carbons (Fsp3) is 0.214. The molecule has 0 atom stereocenters. The van der Waals surface area contributed by atoms with Gasteiger partial charge in [0, 0.05) is 12.7 Å². The summed E-state index contributed by atoms with van der Waals surface area (Å²) in [5.74, 6) is -0.321. The Morgan fingerprint density at radius 1 is 1.38 bits per heavy atom. The van der Waals surface area contributed by atoms with Gasteiger partial charge in [-0.25, -0.2) is 14.4 Å². The molecule has 2 aromatic heterocycles. The lowest BCUT2D eigenvalue weighted by atomic mass is 10.2. The van der Waals surface area contributed by atoms with E-state index in [2.05, 4.69) is 36.5 Å². The Morgan fingerprint density at radius 3 is 2.90 bits per heavy atom. The molecule has 2 aromatic rings. The van der Waals surface area contributed by atoms with Crippen LogP contribution < -0.4 is 10.6 Å². The summed E-state index contributed by atoms with van der Waals surface area (Å²) in [5.41, 5.74) is 0.140. The third kappa shape index (κ3) is 3.98. The molecular formula is C14H14BrFN4O. The molecule has 2 heterocycles. The van der Waals surface area contributed by atoms with E-state index in [-0.39, 0.29) is 5.56 Å². The Kier molecular flexibility index (Phi) is 5.21. The van der Waals surface area contributed by atoms with Crippen molar-refractivity contribution in [3.63, 3.8) is 0 Å². The van der Waals surface area contributed by atoms with Crippen LogP contribution in [-0.4, -0.2) is 22.4 Å². The number of nitrogens with one attached hydrogen (secondary N) is 2. The first-order valence-corrected chi connectivity index (χ1v) is 7.22. The van der Waals surface area contributed by atoms with Gasteiger partial charge in [-0.3, -0.25) is 4.79 Å². The largest absolute Gasteiger partial charge is 0.369 e. The Morgan fingerprint density at radius 2 is 2.19 bits per heavy atom. The summed E-state index contributed by atoms with van der Waals surface area (Å²) in [6, 6.07) is 4.64. The van der Waals surface area contributed by atoms with Gasteiger partial charge in [-0.2, -0.15) is 0 Å². The Labute approximate surface area is 130 Å². The highest BCUT2D eigenvalue weighted by atomic mass is 79.9. The summed E-state index contributed by atoms with van der Waals surface area (Å²) in [6.07, 6.45) is 3.50. The molecule has 110 valence electrons. The molecule has 21 heavy (non-hydrogen) atoms. The average molecular weight is 353 g/mol. The fourth-order valence-corrected chi connectivity index (χ4v) is 2.00. The normalized spacial score (nSPS) is 10.2. The predicted molar refractivity (Wildman–Crippen MR) is 82.9 cm³/mol. The van der Waals surface area contributed by atoms with Crippen molar-refractivity contribution in [2.24, 2.45) is 0 Å². The highest BCUT2D eigenvalue weighted by Crippen LogP contribution is 2.21. The summed E-state index contributed by atoms with van der Waals surface area (Å²) in [7, 11) is 0. The first-order chi connectivity index (χ1) is 10.1. The molecule has 1 amide bonds. The van der Waals surface area contributed by atoms with Crippen LogP contribution in [0.5, 0.6) is 0 Å². The van der Waals surface area contributed by atoms with E-state index >= 15 is 0 Å². The number of aromatic nitrogens is 2. The van der Waals surface area contributed by atoms with Gasteiger partial charge in [0.05, 0.1) is 16.2 Å². The van der Waals surface area contributed by atoms with Crippen LogP contribution in [0.2, 0.25) is 0 Å². The van der Waals surface area contributed by atoms with E-state index < -0.39 is 11.7 Å². The maximum Gasteiger partial charge on any atom is 0.260 e. The molecule has 2 rings (SSSR count). The van der Waals surface area contributed by atoms with E-state index in [1.807, 2.05) is 6.92 Å². The number of amides is 1. The van der Waals surface area contributed by atoms with Gasteiger partial charge in [-0.1, -0.05) is 6.92 Å². The SMILES string of the molecule is CCCNc1ncc(F)cc1C(=O)Nc1ncccc1Br. The Bertz CT molecular complexity index is 651. The molecule has 0 fully saturated rings. The summed E-state index contributed by atoms with van der Waals surface area (Å²) in [5, 5.41) is 5.63. The van der Waals surface area contributed by atoms with Gasteiger partial charge < -0.3 is 10.6 Å². The third-order valence-corrected chi connectivity index (χ3v) is 3.27. The molecule has 0 aliphatic carbocycles. The van der Waals surface area contributed by atoms with Crippen molar-refractivity contribution in [2.45, 2.75) is 13.3 Å². The molecule has 5 nitrogen and oxygen atoms in total. The fourth-order valence-electron chi connectivity index (χ4n) is 1.65. The molecule has 0 unspecified atom stereocenters. The maximum atomic E-state index is 13.4. The molecule has 0 bridgehead atoms. The second-order valence-electron chi connectivity index (χ2n) is 4.26. The van der Waals surface area contributed by atoms with E-state index in [9.17, 15) is 9.18 Å². The lowest BCUT2D eigenvalue weighted by molar-refractivity contribution is 0.102. The number of anilines is 2. The minimum absolute atomic E-state index is 0.140. The molecule has 0 aliphatic rings. The minimum atomic E-state index is -0.567. The Hall–Kier alpha value is -2.02. The molecule has 0 spiro atoms. The molecule has 0 saturated heterocycles. The summed E-state index contributed by atoms with van der Waals surface area (Å²) >= 11 is 3.29. The highest BCUT2D eigenvalue weighted by Gasteiger charge is 2.15. The quantitative estimate of drug-likeness (QED) is 0.864. The number of carbonyl (C=O) groups is 1. The minimum Gasteiger partial charge on any atom is -0.369 e. The van der Waals surface area contributed by atoms with Gasteiger partial charge in [0.25, 0.3) is 5.91 Å². The number of nitrogens with zero attached hydrogens (tertiary/aromatic N) is 2. The van der Waals surface area contributed by atoms with Crippen molar-refractivity contribution < 1.29 is 9.18 Å². The van der Waals surface area contributed by atoms with Gasteiger partial charge in [-0.15, -0.1) is 0 Å². The molecule has 2 N–H and O–H groups in total. The predicted octanol–water partition coefficient (Wildman–Crippen LogP) is 3.45. The number of carbonyl (C=O) groups excluding carboxylic acids is 1. The number of rotatable bonds is 5. The van der Waals surface area contributed by atoms with Crippen LogP contribution >= 0.6 is 15.9 Å². The number of halogens is 2. The molecule has 0 aliphatic heterocycles. The van der Waals surface area contributed by atoms with Crippen LogP contribution in [0.25, 0.3) is 0 Å². The van der Waals surface area contributed by atoms with Crippen molar-refractivity contribution in [2.75, 3.05) is 17.2 Å². The molecule has 0 saturated carbocycles. The van der Waals surface area contributed by atoms with Crippen LogP contribution in [-0.2, 0) is 0 Å². The second-order valence-corrected chi connectivity index (χ2v) is 5.12. The van der Waals surface area contributed by atoms with E-state index in [1.165, 1.54) is 0 Å². The van der Waals surface area contributed by atoms with Crippen LogP contribution in [0.3, 0.4) is 0 Å². The summed E-state index contributed by atoms with van der Waals surface area (Å²) in [4.78, 5) is 20.3. The van der Waals surface area contributed by atoms with Crippen molar-refractivity contribution in [1.29, 1.82) is 0 Å². The van der Waals surface area contributed by atoms with E-state index in [0.29, 0.717) is 22.7 Å². The average Bonchev–Trinajstić information content (AvgIpc) is 2.48. The lowest BCUT2D eigenvalue weighted by Crippen LogP contribution is -2.17. The zero-order valence-electron chi connectivity index (χ0n) is 11.4. The number of pyridine rings is 2. The van der Waals surface area contributed by atoms with Crippen molar-refractivity contribution in [3.8, 4) is 0 Å². The van der Waals surface area contributed by atoms with Crippen molar-refractivity contribution in [3.05, 3.63) is 46.4 Å². The van der Waals surface area contributed by atoms with Gasteiger partial charge in [-0.05, 0) is 40.5 Å². The van der Waals surface area contributed by atoms with Crippen molar-refractivity contribution in [1.82, 2.24) is 9.97 Å². The topological polar surface area (TPSA) is 66.9 Å². The molecular weight excluding hydrogens is 339 g/mol. The van der Waals surface area contributed by atoms with Gasteiger partial charge in [0.2, 0.25) is 0 Å². The smallest absolute Gasteiger partial charge is 0.260 e. The standard InChI is InChI=1S/C14H14BrFN4O/c1-2-5-17-12-10(7-9(16)8-19-12)14(21)20-13-11(15)4-3-6-18-13/h3-4,6-8H,2,5H2,1H3,(H,17,19)(H,18,20,21). The van der Waals surface area contributed by atoms with Crippen LogP contribution in [0.4, 0.5) is 16.0 Å². The maximum absolute atomic E-state index is 13.4. The van der Waals surface area contributed by atoms with E-state index in [4.69, 9.17) is 0 Å². The Balaban J connectivity index is 2.25. The van der Waals surface area contributed by atoms with Gasteiger partial charge in [0.1, 0.15) is 17.5 Å². The zero-order chi connectivity index (χ0) is 15.2. The van der Waals surface area contributed by atoms with Gasteiger partial charge in [0.15, 0.2) is 0 Å². The highest BCUT2D eigenvalue weighted by molar-refractivity contribution is 9.10. The van der Waals surface area contributed by atoms with E-state index in [0.717, 1.165) is 18.7 Å². The third-order valence-electron chi connectivity index (χ3n) is 2.63. The zero-order valence-corrected chi connectivity index (χ0v) is 12.9. The van der Waals surface area contributed by atoms with Gasteiger partial charge >= 0.3 is 0 Å². The monoisotopic (exact) mass is 352 g/mol. The lowest BCUT2D eigenvalue weighted by Gasteiger charge is -2.11. The first-order valence-electron chi connectivity index (χ1n) is 6.43. The summed E-state index contributed by atoms with van der Waals surface area (Å²) < 4.78 is 14.0. The van der Waals surface area contributed by atoms with Crippen LogP contribution in [0.15, 0.2) is 35.1 Å².